The first-order valence-electron chi connectivity index (χ1n) is 5.86. The minimum atomic E-state index is -0.481. The van der Waals surface area contributed by atoms with Gasteiger partial charge >= 0.3 is 0 Å². The third-order valence-electron chi connectivity index (χ3n) is 3.57. The molecule has 5 N–H and O–H groups in total. The molecule has 0 saturated carbocycles. The summed E-state index contributed by atoms with van der Waals surface area (Å²) in [6, 6.07) is 0. The van der Waals surface area contributed by atoms with Crippen LogP contribution in [0.4, 0.5) is 17.5 Å². The number of allylic oxidation sites excluding steroid dienone is 1. The van der Waals surface area contributed by atoms with Gasteiger partial charge < -0.3 is 21.1 Å². The fourth-order valence-electron chi connectivity index (χ4n) is 2.60. The van der Waals surface area contributed by atoms with Crippen LogP contribution in [0.2, 0.25) is 0 Å². The maximum Gasteiger partial charge on any atom is 0.277 e. The van der Waals surface area contributed by atoms with Crippen molar-refractivity contribution in [2.45, 2.75) is 18.4 Å². The molecule has 0 fully saturated rings. The summed E-state index contributed by atoms with van der Waals surface area (Å²) in [5, 5.41) is 12.7. The topological polar surface area (TPSA) is 107 Å². The zero-order valence-corrected chi connectivity index (χ0v) is 9.81. The molecule has 0 amide bonds. The van der Waals surface area contributed by atoms with E-state index in [-0.39, 0.29) is 18.1 Å². The van der Waals surface area contributed by atoms with Crippen molar-refractivity contribution < 1.29 is 5.11 Å². The van der Waals surface area contributed by atoms with Crippen LogP contribution in [0.5, 0.6) is 0 Å². The highest BCUT2D eigenvalue weighted by atomic mass is 16.3. The molecule has 2 aliphatic rings. The molecule has 18 heavy (non-hydrogen) atoms. The van der Waals surface area contributed by atoms with Crippen LogP contribution < -0.4 is 21.5 Å². The molecule has 0 bridgehead atoms. The predicted molar refractivity (Wildman–Crippen MR) is 68.4 cm³/mol. The van der Waals surface area contributed by atoms with Crippen LogP contribution in [0.15, 0.2) is 16.9 Å². The molecule has 1 atom stereocenters. The van der Waals surface area contributed by atoms with Gasteiger partial charge in [0.25, 0.3) is 5.56 Å². The lowest BCUT2D eigenvalue weighted by Gasteiger charge is -2.36. The lowest BCUT2D eigenvalue weighted by Crippen LogP contribution is -2.49. The molecule has 1 aromatic rings. The van der Waals surface area contributed by atoms with Crippen LogP contribution in [0.25, 0.3) is 0 Å². The first kappa shape index (κ1) is 11.1. The Balaban J connectivity index is 2.10. The van der Waals surface area contributed by atoms with Crippen molar-refractivity contribution in [3.63, 3.8) is 0 Å². The van der Waals surface area contributed by atoms with Crippen LogP contribution >= 0.6 is 0 Å². The standard InChI is InChI=1S/C11H15N5O2/c12-10-14-8-7(9(18)15-10)13-6-16(8)11(5-17)3-1-2-4-11/h1,3,13,17H,2,4-6H2,(H3,12,14,15,18). The van der Waals surface area contributed by atoms with Crippen LogP contribution in [0, 0.1) is 0 Å². The number of aromatic nitrogens is 2. The molecule has 0 radical (unpaired) electrons. The minimum absolute atomic E-state index is 0.0149. The molecular formula is C11H15N5O2. The van der Waals surface area contributed by atoms with Crippen molar-refractivity contribution >= 4 is 17.5 Å². The van der Waals surface area contributed by atoms with Gasteiger partial charge in [0.05, 0.1) is 18.8 Å². The van der Waals surface area contributed by atoms with Gasteiger partial charge in [0, 0.05) is 0 Å². The Morgan fingerprint density at radius 1 is 1.61 bits per heavy atom. The molecular weight excluding hydrogens is 234 g/mol. The second-order valence-electron chi connectivity index (χ2n) is 4.62. The van der Waals surface area contributed by atoms with Crippen molar-refractivity contribution in [1.29, 1.82) is 0 Å². The normalized spacial score (nSPS) is 25.3. The second kappa shape index (κ2) is 3.74. The average Bonchev–Trinajstić information content (AvgIpc) is 2.95. The van der Waals surface area contributed by atoms with Crippen molar-refractivity contribution in [2.24, 2.45) is 0 Å². The summed E-state index contributed by atoms with van der Waals surface area (Å²) in [6.07, 6.45) is 5.72. The van der Waals surface area contributed by atoms with E-state index in [2.05, 4.69) is 15.3 Å². The lowest BCUT2D eigenvalue weighted by molar-refractivity contribution is 0.218. The van der Waals surface area contributed by atoms with Gasteiger partial charge in [-0.2, -0.15) is 4.98 Å². The zero-order chi connectivity index (χ0) is 12.8. The van der Waals surface area contributed by atoms with Crippen molar-refractivity contribution in [1.82, 2.24) is 9.97 Å². The van der Waals surface area contributed by atoms with Gasteiger partial charge in [-0.25, -0.2) is 0 Å². The van der Waals surface area contributed by atoms with Crippen LogP contribution in [0.3, 0.4) is 0 Å². The number of aliphatic hydroxyl groups excluding tert-OH is 1. The van der Waals surface area contributed by atoms with E-state index in [1.165, 1.54) is 0 Å². The van der Waals surface area contributed by atoms with Crippen molar-refractivity contribution in [3.8, 4) is 0 Å². The SMILES string of the molecule is Nc1nc2c(c(=O)[nH]1)NCN2C1(CO)C=CCC1. The highest BCUT2D eigenvalue weighted by Crippen LogP contribution is 2.37. The van der Waals surface area contributed by atoms with Gasteiger partial charge in [-0.3, -0.25) is 9.78 Å². The molecule has 0 saturated heterocycles. The molecule has 1 aliphatic heterocycles. The number of nitrogen functional groups attached to an aromatic ring is 1. The first-order valence-corrected chi connectivity index (χ1v) is 5.86. The summed E-state index contributed by atoms with van der Waals surface area (Å²) < 4.78 is 0. The molecule has 3 rings (SSSR count). The Morgan fingerprint density at radius 2 is 2.44 bits per heavy atom. The molecule has 2 heterocycles. The first-order chi connectivity index (χ1) is 8.66. The van der Waals surface area contributed by atoms with E-state index in [4.69, 9.17) is 5.73 Å². The van der Waals surface area contributed by atoms with E-state index >= 15 is 0 Å². The Labute approximate surface area is 103 Å². The van der Waals surface area contributed by atoms with Gasteiger partial charge in [-0.05, 0) is 12.8 Å². The van der Waals surface area contributed by atoms with E-state index in [9.17, 15) is 9.90 Å². The Hall–Kier alpha value is -2.02. The Morgan fingerprint density at radius 3 is 3.11 bits per heavy atom. The summed E-state index contributed by atoms with van der Waals surface area (Å²) in [6.45, 7) is 0.429. The van der Waals surface area contributed by atoms with Gasteiger partial charge in [0.1, 0.15) is 5.69 Å². The number of hydrogen-bond donors (Lipinski definition) is 4. The highest BCUT2D eigenvalue weighted by Gasteiger charge is 2.41. The van der Waals surface area contributed by atoms with Crippen molar-refractivity contribution in [3.05, 3.63) is 22.5 Å². The largest absolute Gasteiger partial charge is 0.394 e. The number of rotatable bonds is 2. The number of aromatic amines is 1. The summed E-state index contributed by atoms with van der Waals surface area (Å²) in [5.74, 6) is 0.597. The Bertz CT molecular complexity index is 567. The molecule has 7 nitrogen and oxygen atoms in total. The fraction of sp³-hybridized carbons (Fsp3) is 0.455. The minimum Gasteiger partial charge on any atom is -0.394 e. The maximum atomic E-state index is 11.7. The smallest absolute Gasteiger partial charge is 0.277 e. The monoisotopic (exact) mass is 249 g/mol. The third-order valence-corrected chi connectivity index (χ3v) is 3.57. The maximum absolute atomic E-state index is 11.7. The van der Waals surface area contributed by atoms with E-state index in [0.29, 0.717) is 18.2 Å². The van der Waals surface area contributed by atoms with Crippen molar-refractivity contribution in [2.75, 3.05) is 29.2 Å². The van der Waals surface area contributed by atoms with Gasteiger partial charge in [-0.15, -0.1) is 0 Å². The average molecular weight is 249 g/mol. The molecule has 0 spiro atoms. The van der Waals surface area contributed by atoms with E-state index in [0.717, 1.165) is 12.8 Å². The number of aliphatic hydroxyl groups is 1. The third kappa shape index (κ3) is 1.40. The van der Waals surface area contributed by atoms with Crippen LogP contribution in [-0.4, -0.2) is 33.9 Å². The van der Waals surface area contributed by atoms with Crippen LogP contribution in [0.1, 0.15) is 12.8 Å². The van der Waals surface area contributed by atoms with E-state index in [1.807, 2.05) is 17.1 Å². The van der Waals surface area contributed by atoms with Gasteiger partial charge in [0.15, 0.2) is 5.82 Å². The van der Waals surface area contributed by atoms with Gasteiger partial charge in [0.2, 0.25) is 5.95 Å². The van der Waals surface area contributed by atoms with E-state index in [1.54, 1.807) is 0 Å². The number of nitrogens with one attached hydrogen (secondary N) is 2. The quantitative estimate of drug-likeness (QED) is 0.532. The summed E-state index contributed by atoms with van der Waals surface area (Å²) >= 11 is 0. The Kier molecular flexibility index (Phi) is 2.30. The summed E-state index contributed by atoms with van der Waals surface area (Å²) in [5.41, 5.74) is 5.23. The second-order valence-corrected chi connectivity index (χ2v) is 4.62. The number of hydrogen-bond acceptors (Lipinski definition) is 6. The predicted octanol–water partition coefficient (Wildman–Crippen LogP) is -0.377. The summed E-state index contributed by atoms with van der Waals surface area (Å²) in [7, 11) is 0. The zero-order valence-electron chi connectivity index (χ0n) is 9.81. The van der Waals surface area contributed by atoms with Crippen LogP contribution in [-0.2, 0) is 0 Å². The molecule has 1 unspecified atom stereocenters. The molecule has 1 aliphatic carbocycles. The van der Waals surface area contributed by atoms with Gasteiger partial charge in [-0.1, -0.05) is 12.2 Å². The number of nitrogens with zero attached hydrogens (tertiary/aromatic N) is 2. The van der Waals surface area contributed by atoms with E-state index < -0.39 is 5.54 Å². The number of nitrogens with two attached hydrogens (primary N) is 1. The molecule has 96 valence electrons. The number of anilines is 3. The molecule has 0 aromatic carbocycles. The number of fused-ring (bicyclic) bond motifs is 1. The summed E-state index contributed by atoms with van der Waals surface area (Å²) in [4.78, 5) is 20.3. The molecule has 7 heteroatoms. The highest BCUT2D eigenvalue weighted by molar-refractivity contribution is 5.72. The fourth-order valence-corrected chi connectivity index (χ4v) is 2.60. The number of H-pyrrole nitrogens is 1. The lowest BCUT2D eigenvalue weighted by atomic mass is 9.98. The molecule has 1 aromatic heterocycles.